The molecule has 8 nitrogen and oxygen atoms in total. The average molecular weight is 542 g/mol. The number of rotatable bonds is 11. The second kappa shape index (κ2) is 11.4. The first-order valence-electron chi connectivity index (χ1n) is 13.0. The van der Waals surface area contributed by atoms with Crippen LogP contribution in [0.15, 0.2) is 36.4 Å². The smallest absolute Gasteiger partial charge is 0.337 e. The largest absolute Gasteiger partial charge is 0.465 e. The number of esters is 1. The Kier molecular flexibility index (Phi) is 7.97. The molecule has 0 saturated heterocycles. The number of carbonyl (C=O) groups is 1. The van der Waals surface area contributed by atoms with Crippen molar-refractivity contribution in [2.24, 2.45) is 0 Å². The van der Waals surface area contributed by atoms with E-state index in [1.54, 1.807) is 26.4 Å². The van der Waals surface area contributed by atoms with Crippen LogP contribution in [-0.4, -0.2) is 73.8 Å². The fourth-order valence-electron chi connectivity index (χ4n) is 5.41. The third kappa shape index (κ3) is 5.41. The molecule has 0 spiro atoms. The van der Waals surface area contributed by atoms with E-state index in [1.807, 2.05) is 28.8 Å². The SMILES string of the molecule is COCCOCCn1c2c(c3cc(-c4nc5cc(C(=O)OC)ccc5n4CCOC)ccc31)CC(F)(F)CC2. The van der Waals surface area contributed by atoms with Gasteiger partial charge >= 0.3 is 5.97 Å². The third-order valence-electron chi connectivity index (χ3n) is 7.29. The van der Waals surface area contributed by atoms with Gasteiger partial charge in [0.1, 0.15) is 5.82 Å². The summed E-state index contributed by atoms with van der Waals surface area (Å²) in [5.74, 6) is -2.50. The second-order valence-electron chi connectivity index (χ2n) is 9.72. The minimum absolute atomic E-state index is 0.164. The Morgan fingerprint density at radius 1 is 0.949 bits per heavy atom. The molecule has 0 N–H and O–H groups in total. The highest BCUT2D eigenvalue weighted by molar-refractivity contribution is 5.95. The van der Waals surface area contributed by atoms with Gasteiger partial charge < -0.3 is 28.1 Å². The molecule has 1 aliphatic carbocycles. The van der Waals surface area contributed by atoms with Gasteiger partial charge in [-0.25, -0.2) is 18.6 Å². The van der Waals surface area contributed by atoms with Crippen molar-refractivity contribution in [3.63, 3.8) is 0 Å². The first kappa shape index (κ1) is 27.2. The molecule has 0 radical (unpaired) electrons. The van der Waals surface area contributed by atoms with Crippen LogP contribution < -0.4 is 0 Å². The van der Waals surface area contributed by atoms with Crippen molar-refractivity contribution in [3.05, 3.63) is 53.2 Å². The van der Waals surface area contributed by atoms with Gasteiger partial charge in [-0.05, 0) is 48.4 Å². The van der Waals surface area contributed by atoms with Crippen LogP contribution in [0.25, 0.3) is 33.3 Å². The van der Waals surface area contributed by atoms with E-state index in [1.165, 1.54) is 7.11 Å². The number of hydrogen-bond acceptors (Lipinski definition) is 6. The summed E-state index contributed by atoms with van der Waals surface area (Å²) in [4.78, 5) is 17.0. The number of ether oxygens (including phenoxy) is 4. The average Bonchev–Trinajstić information content (AvgIpc) is 3.44. The van der Waals surface area contributed by atoms with Crippen LogP contribution in [-0.2, 0) is 44.9 Å². The van der Waals surface area contributed by atoms with Crippen molar-refractivity contribution in [2.45, 2.75) is 38.3 Å². The molecule has 2 aromatic heterocycles. The van der Waals surface area contributed by atoms with Gasteiger partial charge in [0.15, 0.2) is 0 Å². The zero-order chi connectivity index (χ0) is 27.6. The molecule has 0 unspecified atom stereocenters. The number of fused-ring (bicyclic) bond motifs is 4. The molecule has 0 atom stereocenters. The first-order valence-corrected chi connectivity index (χ1v) is 13.0. The Balaban J connectivity index is 1.60. The molecule has 10 heteroatoms. The first-order chi connectivity index (χ1) is 18.9. The molecular formula is C29H33F2N3O5. The summed E-state index contributed by atoms with van der Waals surface area (Å²) in [6.07, 6.45) is -0.140. The van der Waals surface area contributed by atoms with E-state index in [9.17, 15) is 13.6 Å². The lowest BCUT2D eigenvalue weighted by Crippen LogP contribution is -2.27. The van der Waals surface area contributed by atoms with Crippen LogP contribution in [0, 0.1) is 0 Å². The van der Waals surface area contributed by atoms with Crippen molar-refractivity contribution < 1.29 is 32.5 Å². The summed E-state index contributed by atoms with van der Waals surface area (Å²) in [6, 6.07) is 11.2. The topological polar surface area (TPSA) is 76.7 Å². The lowest BCUT2D eigenvalue weighted by atomic mass is 9.92. The number of benzene rings is 2. The van der Waals surface area contributed by atoms with Crippen LogP contribution >= 0.6 is 0 Å². The highest BCUT2D eigenvalue weighted by atomic mass is 19.3. The normalized spacial score (nSPS) is 14.7. The maximum atomic E-state index is 14.6. The number of methoxy groups -OCH3 is 3. The Labute approximate surface area is 225 Å². The molecular weight excluding hydrogens is 508 g/mol. The maximum absolute atomic E-state index is 14.6. The van der Waals surface area contributed by atoms with E-state index in [0.717, 1.165) is 27.7 Å². The summed E-state index contributed by atoms with van der Waals surface area (Å²) in [5, 5.41) is 0.805. The highest BCUT2D eigenvalue weighted by Gasteiger charge is 2.37. The number of carbonyl (C=O) groups excluding carboxylic acids is 1. The fourth-order valence-corrected chi connectivity index (χ4v) is 5.41. The molecule has 0 aliphatic heterocycles. The lowest BCUT2D eigenvalue weighted by Gasteiger charge is -2.23. The molecule has 1 aliphatic rings. The van der Waals surface area contributed by atoms with Gasteiger partial charge in [-0.3, -0.25) is 0 Å². The second-order valence-corrected chi connectivity index (χ2v) is 9.72. The molecule has 208 valence electrons. The van der Waals surface area contributed by atoms with Crippen LogP contribution in [0.2, 0.25) is 0 Å². The van der Waals surface area contributed by atoms with Gasteiger partial charge in [0.25, 0.3) is 5.92 Å². The number of alkyl halides is 2. The van der Waals surface area contributed by atoms with Crippen molar-refractivity contribution >= 4 is 27.9 Å². The highest BCUT2D eigenvalue weighted by Crippen LogP contribution is 2.40. The molecule has 39 heavy (non-hydrogen) atoms. The van der Waals surface area contributed by atoms with Gasteiger partial charge in [-0.1, -0.05) is 0 Å². The Bertz CT molecular complexity index is 1490. The predicted octanol–water partition coefficient (Wildman–Crippen LogP) is 4.88. The summed E-state index contributed by atoms with van der Waals surface area (Å²) in [7, 11) is 4.60. The molecule has 4 aromatic rings. The van der Waals surface area contributed by atoms with E-state index in [-0.39, 0.29) is 12.8 Å². The summed E-state index contributed by atoms with van der Waals surface area (Å²) in [5.41, 5.74) is 5.23. The van der Waals surface area contributed by atoms with Crippen LogP contribution in [0.4, 0.5) is 8.78 Å². The van der Waals surface area contributed by atoms with E-state index in [0.29, 0.717) is 68.4 Å². The summed E-state index contributed by atoms with van der Waals surface area (Å²) < 4.78 is 54.3. The molecule has 2 aromatic carbocycles. The van der Waals surface area contributed by atoms with E-state index in [2.05, 4.69) is 4.57 Å². The zero-order valence-electron chi connectivity index (χ0n) is 22.5. The van der Waals surface area contributed by atoms with E-state index in [4.69, 9.17) is 23.9 Å². The summed E-state index contributed by atoms with van der Waals surface area (Å²) >= 11 is 0. The molecule has 0 amide bonds. The van der Waals surface area contributed by atoms with E-state index < -0.39 is 11.9 Å². The van der Waals surface area contributed by atoms with Gasteiger partial charge in [-0.2, -0.15) is 0 Å². The third-order valence-corrected chi connectivity index (χ3v) is 7.29. The minimum atomic E-state index is -2.74. The van der Waals surface area contributed by atoms with Crippen molar-refractivity contribution in [1.29, 1.82) is 0 Å². The van der Waals surface area contributed by atoms with Gasteiger partial charge in [0.2, 0.25) is 0 Å². The van der Waals surface area contributed by atoms with Crippen molar-refractivity contribution in [1.82, 2.24) is 14.1 Å². The van der Waals surface area contributed by atoms with Crippen LogP contribution in [0.1, 0.15) is 28.0 Å². The molecule has 5 rings (SSSR count). The number of imidazole rings is 1. The number of hydrogen-bond donors (Lipinski definition) is 0. The Morgan fingerprint density at radius 2 is 1.72 bits per heavy atom. The maximum Gasteiger partial charge on any atom is 0.337 e. The summed E-state index contributed by atoms with van der Waals surface area (Å²) in [6.45, 7) is 3.02. The fraction of sp³-hybridized carbons (Fsp3) is 0.448. The standard InChI is InChI=1S/C29H33F2N3O5/c1-36-12-10-34-26-7-5-20(28(35)38-3)17-23(26)32-27(34)19-4-6-24-21(16-19)22-18-29(30,31)9-8-25(22)33(24)11-13-39-15-14-37-2/h4-7,16-17H,8-15,18H2,1-3H3. The van der Waals surface area contributed by atoms with E-state index >= 15 is 0 Å². The molecule has 2 heterocycles. The van der Waals surface area contributed by atoms with Gasteiger partial charge in [0.05, 0.1) is 50.1 Å². The number of nitrogens with zero attached hydrogens (tertiary/aromatic N) is 3. The van der Waals surface area contributed by atoms with Crippen LogP contribution in [0.5, 0.6) is 0 Å². The Hall–Kier alpha value is -3.34. The predicted molar refractivity (Wildman–Crippen MR) is 144 cm³/mol. The minimum Gasteiger partial charge on any atom is -0.465 e. The lowest BCUT2D eigenvalue weighted by molar-refractivity contribution is -0.0127. The molecule has 0 bridgehead atoms. The van der Waals surface area contributed by atoms with Crippen molar-refractivity contribution in [3.8, 4) is 11.4 Å². The zero-order valence-corrected chi connectivity index (χ0v) is 22.5. The Morgan fingerprint density at radius 3 is 2.49 bits per heavy atom. The van der Waals surface area contributed by atoms with Crippen LogP contribution in [0.3, 0.4) is 0 Å². The van der Waals surface area contributed by atoms with Gasteiger partial charge in [0, 0.05) is 62.3 Å². The molecule has 0 saturated carbocycles. The molecule has 0 fully saturated rings. The van der Waals surface area contributed by atoms with Gasteiger partial charge in [-0.15, -0.1) is 0 Å². The van der Waals surface area contributed by atoms with Crippen molar-refractivity contribution in [2.75, 3.05) is 47.8 Å². The number of halogens is 2. The monoisotopic (exact) mass is 541 g/mol. The quantitative estimate of drug-likeness (QED) is 0.199. The number of aromatic nitrogens is 3.